The number of hydrogen-bond donors (Lipinski definition) is 2. The van der Waals surface area contributed by atoms with Gasteiger partial charge in [-0.25, -0.2) is 9.31 Å². The molecule has 0 spiro atoms. The van der Waals surface area contributed by atoms with Crippen LogP contribution in [0, 0.1) is 6.92 Å². The van der Waals surface area contributed by atoms with Crippen LogP contribution in [-0.4, -0.2) is 26.6 Å². The Balaban J connectivity index is 2.39. The Labute approximate surface area is 152 Å². The highest BCUT2D eigenvalue weighted by Gasteiger charge is 2.22. The molecule has 3 N–H and O–H groups in total. The molecular formula is C18H16BrN3O3. The summed E-state index contributed by atoms with van der Waals surface area (Å²) in [5.41, 5.74) is 9.19. The summed E-state index contributed by atoms with van der Waals surface area (Å²) in [7, 11) is 0. The number of aromatic nitrogens is 2. The molecule has 0 atom stereocenters. The number of aromatic carboxylic acids is 1. The van der Waals surface area contributed by atoms with Crippen LogP contribution in [0.3, 0.4) is 0 Å². The number of hydrogen-bond acceptors (Lipinski definition) is 3. The Morgan fingerprint density at radius 3 is 2.56 bits per heavy atom. The molecule has 0 unspecified atom stereocenters. The summed E-state index contributed by atoms with van der Waals surface area (Å²) >= 11 is 3.34. The molecule has 0 bridgehead atoms. The molecule has 1 aromatic carbocycles. The number of rotatable bonds is 4. The van der Waals surface area contributed by atoms with Crippen molar-refractivity contribution in [1.82, 2.24) is 9.61 Å². The van der Waals surface area contributed by atoms with E-state index in [9.17, 15) is 14.7 Å². The first-order valence-corrected chi connectivity index (χ1v) is 8.48. The van der Waals surface area contributed by atoms with E-state index in [0.717, 1.165) is 12.1 Å². The molecule has 0 radical (unpaired) electrons. The lowest BCUT2D eigenvalue weighted by atomic mass is 9.97. The summed E-state index contributed by atoms with van der Waals surface area (Å²) in [6.07, 6.45) is 0.775. The summed E-state index contributed by atoms with van der Waals surface area (Å²) < 4.78 is 2.29. The lowest BCUT2D eigenvalue weighted by Gasteiger charge is -2.13. The molecule has 0 aliphatic carbocycles. The van der Waals surface area contributed by atoms with Crippen molar-refractivity contribution in [2.45, 2.75) is 20.3 Å². The van der Waals surface area contributed by atoms with E-state index in [4.69, 9.17) is 5.73 Å². The van der Waals surface area contributed by atoms with Crippen molar-refractivity contribution in [2.75, 3.05) is 0 Å². The van der Waals surface area contributed by atoms with Gasteiger partial charge in [-0.15, -0.1) is 0 Å². The minimum absolute atomic E-state index is 0.145. The number of carbonyl (C=O) groups excluding carboxylic acids is 1. The number of nitrogens with two attached hydrogens (primary N) is 1. The Hall–Kier alpha value is -2.67. The Morgan fingerprint density at radius 2 is 2.00 bits per heavy atom. The zero-order valence-electron chi connectivity index (χ0n) is 13.7. The van der Waals surface area contributed by atoms with Gasteiger partial charge in [0, 0.05) is 15.7 Å². The topological polar surface area (TPSA) is 97.7 Å². The Bertz CT molecular complexity index is 1020. The van der Waals surface area contributed by atoms with Gasteiger partial charge >= 0.3 is 5.97 Å². The standard InChI is InChI=1S/C18H16BrN3O3/c1-3-11-5-7-14-16(15(18(24)25)9(2)21-22(11)14)10-4-6-12(17(20)23)13(19)8-10/h4-8H,3H2,1-2H3,(H2,20,23)(H,24,25). The number of primary amides is 1. The van der Waals surface area contributed by atoms with E-state index in [1.807, 2.05) is 19.1 Å². The second-order valence-corrected chi connectivity index (χ2v) is 6.53. The predicted molar refractivity (Wildman–Crippen MR) is 97.9 cm³/mol. The number of carboxylic acids is 1. The first-order valence-electron chi connectivity index (χ1n) is 7.69. The maximum atomic E-state index is 11.9. The van der Waals surface area contributed by atoms with Crippen LogP contribution in [0.15, 0.2) is 34.8 Å². The molecule has 2 aromatic heterocycles. The summed E-state index contributed by atoms with van der Waals surface area (Å²) in [5, 5.41) is 14.1. The van der Waals surface area contributed by atoms with Crippen LogP contribution >= 0.6 is 15.9 Å². The van der Waals surface area contributed by atoms with Crippen molar-refractivity contribution in [3.63, 3.8) is 0 Å². The molecule has 0 saturated carbocycles. The van der Waals surface area contributed by atoms with Gasteiger partial charge < -0.3 is 10.8 Å². The lowest BCUT2D eigenvalue weighted by molar-refractivity contribution is 0.0696. The SMILES string of the molecule is CCc1ccc2c(-c3ccc(C(N)=O)c(Br)c3)c(C(=O)O)c(C)nn12. The van der Waals surface area contributed by atoms with Gasteiger partial charge in [-0.05, 0) is 59.1 Å². The van der Waals surface area contributed by atoms with Crippen LogP contribution < -0.4 is 5.73 Å². The summed E-state index contributed by atoms with van der Waals surface area (Å²) in [6.45, 7) is 3.69. The number of fused-ring (bicyclic) bond motifs is 1. The largest absolute Gasteiger partial charge is 0.478 e. The molecule has 0 aliphatic heterocycles. The molecule has 6 nitrogen and oxygen atoms in total. The average molecular weight is 402 g/mol. The van der Waals surface area contributed by atoms with E-state index >= 15 is 0 Å². The van der Waals surface area contributed by atoms with Crippen LogP contribution in [0.2, 0.25) is 0 Å². The molecule has 2 heterocycles. The number of benzene rings is 1. The first-order chi connectivity index (χ1) is 11.8. The first kappa shape index (κ1) is 17.2. The van der Waals surface area contributed by atoms with Crippen molar-refractivity contribution < 1.29 is 14.7 Å². The summed E-state index contributed by atoms with van der Waals surface area (Å²) in [5.74, 6) is -1.60. The van der Waals surface area contributed by atoms with E-state index in [0.29, 0.717) is 32.4 Å². The van der Waals surface area contributed by atoms with Crippen LogP contribution in [0.5, 0.6) is 0 Å². The van der Waals surface area contributed by atoms with Gasteiger partial charge in [-0.2, -0.15) is 5.10 Å². The van der Waals surface area contributed by atoms with Gasteiger partial charge in [0.25, 0.3) is 0 Å². The van der Waals surface area contributed by atoms with Crippen molar-refractivity contribution in [1.29, 1.82) is 0 Å². The Morgan fingerprint density at radius 1 is 1.28 bits per heavy atom. The molecule has 128 valence electrons. The molecule has 3 aromatic rings. The van der Waals surface area contributed by atoms with E-state index in [-0.39, 0.29) is 5.56 Å². The van der Waals surface area contributed by atoms with E-state index < -0.39 is 11.9 Å². The highest BCUT2D eigenvalue weighted by Crippen LogP contribution is 2.33. The maximum Gasteiger partial charge on any atom is 0.338 e. The second kappa shape index (κ2) is 6.33. The van der Waals surface area contributed by atoms with Gasteiger partial charge in [-0.3, -0.25) is 4.79 Å². The highest BCUT2D eigenvalue weighted by atomic mass is 79.9. The monoisotopic (exact) mass is 401 g/mol. The fourth-order valence-corrected chi connectivity index (χ4v) is 3.55. The molecular weight excluding hydrogens is 386 g/mol. The van der Waals surface area contributed by atoms with Crippen molar-refractivity contribution in [2.24, 2.45) is 5.73 Å². The number of carbonyl (C=O) groups is 2. The minimum atomic E-state index is -1.04. The van der Waals surface area contributed by atoms with Crippen LogP contribution in [0.4, 0.5) is 0 Å². The third kappa shape index (κ3) is 2.80. The molecule has 0 aliphatic rings. The van der Waals surface area contributed by atoms with Crippen molar-refractivity contribution in [3.8, 4) is 11.1 Å². The predicted octanol–water partition coefficient (Wildman–Crippen LogP) is 3.43. The minimum Gasteiger partial charge on any atom is -0.478 e. The third-order valence-corrected chi connectivity index (χ3v) is 4.81. The van der Waals surface area contributed by atoms with Crippen molar-refractivity contribution >= 4 is 33.3 Å². The number of carboxylic acid groups (broad SMARTS) is 1. The van der Waals surface area contributed by atoms with E-state index in [2.05, 4.69) is 21.0 Å². The van der Waals surface area contributed by atoms with Gasteiger partial charge in [0.2, 0.25) is 5.91 Å². The van der Waals surface area contributed by atoms with Crippen LogP contribution in [-0.2, 0) is 6.42 Å². The smallest absolute Gasteiger partial charge is 0.338 e. The zero-order chi connectivity index (χ0) is 18.3. The molecule has 0 saturated heterocycles. The molecule has 0 fully saturated rings. The quantitative estimate of drug-likeness (QED) is 0.699. The highest BCUT2D eigenvalue weighted by molar-refractivity contribution is 9.10. The fourth-order valence-electron chi connectivity index (χ4n) is 2.98. The normalized spacial score (nSPS) is 11.0. The van der Waals surface area contributed by atoms with Gasteiger partial charge in [-0.1, -0.05) is 13.0 Å². The molecule has 25 heavy (non-hydrogen) atoms. The van der Waals surface area contributed by atoms with Crippen LogP contribution in [0.25, 0.3) is 16.6 Å². The van der Waals surface area contributed by atoms with Gasteiger partial charge in [0.1, 0.15) is 0 Å². The second-order valence-electron chi connectivity index (χ2n) is 5.67. The lowest BCUT2D eigenvalue weighted by Crippen LogP contribution is -2.12. The third-order valence-electron chi connectivity index (χ3n) is 4.15. The molecule has 3 rings (SSSR count). The average Bonchev–Trinajstić information content (AvgIpc) is 2.95. The fraction of sp³-hybridized carbons (Fsp3) is 0.167. The van der Waals surface area contributed by atoms with Gasteiger partial charge in [0.05, 0.1) is 22.3 Å². The van der Waals surface area contributed by atoms with E-state index in [1.165, 1.54) is 0 Å². The number of amides is 1. The van der Waals surface area contributed by atoms with Crippen LogP contribution in [0.1, 0.15) is 39.0 Å². The Kier molecular flexibility index (Phi) is 4.34. The van der Waals surface area contributed by atoms with E-state index in [1.54, 1.807) is 29.6 Å². The maximum absolute atomic E-state index is 11.9. The molecule has 7 heteroatoms. The number of halogens is 1. The molecule has 1 amide bonds. The van der Waals surface area contributed by atoms with Gasteiger partial charge in [0.15, 0.2) is 0 Å². The van der Waals surface area contributed by atoms with Crippen molar-refractivity contribution in [3.05, 3.63) is 57.3 Å². The summed E-state index contributed by atoms with van der Waals surface area (Å²) in [6, 6.07) is 8.79. The number of nitrogens with zero attached hydrogens (tertiary/aromatic N) is 2. The zero-order valence-corrected chi connectivity index (χ0v) is 15.3. The number of aryl methyl sites for hydroxylation is 2. The summed E-state index contributed by atoms with van der Waals surface area (Å²) in [4.78, 5) is 23.3.